The first-order valence-electron chi connectivity index (χ1n) is 6.02. The van der Waals surface area contributed by atoms with Crippen molar-refractivity contribution >= 4 is 17.5 Å². The maximum Gasteiger partial charge on any atom is 0.217 e. The lowest BCUT2D eigenvalue weighted by Crippen LogP contribution is -2.13. The number of aromatic nitrogens is 2. The van der Waals surface area contributed by atoms with Gasteiger partial charge in [0.05, 0.1) is 0 Å². The summed E-state index contributed by atoms with van der Waals surface area (Å²) in [5.41, 5.74) is 7.57. The molecule has 0 aliphatic heterocycles. The van der Waals surface area contributed by atoms with E-state index in [0.717, 1.165) is 37.4 Å². The summed E-state index contributed by atoms with van der Waals surface area (Å²) in [7, 11) is 0. The Bertz CT molecular complexity index is 373. The third kappa shape index (κ3) is 4.96. The lowest BCUT2D eigenvalue weighted by Gasteiger charge is -2.08. The number of carbonyl (C=O) groups excluding carboxylic acids is 1. The molecule has 1 rings (SSSR count). The van der Waals surface area contributed by atoms with Crippen LogP contribution in [0.25, 0.3) is 0 Å². The van der Waals surface area contributed by atoms with Gasteiger partial charge < -0.3 is 16.5 Å². The van der Waals surface area contributed by atoms with Gasteiger partial charge >= 0.3 is 0 Å². The molecule has 100 valence electrons. The fourth-order valence-corrected chi connectivity index (χ4v) is 1.46. The summed E-state index contributed by atoms with van der Waals surface area (Å²) in [4.78, 5) is 19.1. The second-order valence-electron chi connectivity index (χ2n) is 3.90. The Morgan fingerprint density at radius 2 is 2.06 bits per heavy atom. The fraction of sp³-hybridized carbons (Fsp3) is 0.545. The lowest BCUT2D eigenvalue weighted by molar-refractivity contribution is -0.118. The summed E-state index contributed by atoms with van der Waals surface area (Å²) in [6, 6.07) is 1.74. The number of carbonyl (C=O) groups is 1. The quantitative estimate of drug-likeness (QED) is 0.302. The largest absolute Gasteiger partial charge is 0.370 e. The van der Waals surface area contributed by atoms with Gasteiger partial charge in [-0.1, -0.05) is 6.92 Å². The third-order valence-corrected chi connectivity index (χ3v) is 2.39. The van der Waals surface area contributed by atoms with E-state index in [1.54, 1.807) is 6.07 Å². The standard InChI is InChI=1S/C11H20N6O/c1-2-9-15-10(7-11(16-9)17-13)14-6-4-3-5-8(12)18/h7H,2-6,13H2,1H3,(H2,12,18)(H2,14,15,16,17). The van der Waals surface area contributed by atoms with Crippen molar-refractivity contribution < 1.29 is 4.79 Å². The van der Waals surface area contributed by atoms with Crippen LogP contribution in [0.3, 0.4) is 0 Å². The van der Waals surface area contributed by atoms with E-state index in [2.05, 4.69) is 20.7 Å². The summed E-state index contributed by atoms with van der Waals surface area (Å²) in [6.45, 7) is 2.71. The highest BCUT2D eigenvalue weighted by atomic mass is 16.1. The molecule has 0 aliphatic carbocycles. The van der Waals surface area contributed by atoms with Crippen molar-refractivity contribution in [3.63, 3.8) is 0 Å². The van der Waals surface area contributed by atoms with E-state index in [0.29, 0.717) is 12.2 Å². The van der Waals surface area contributed by atoms with Gasteiger partial charge in [0, 0.05) is 25.5 Å². The summed E-state index contributed by atoms with van der Waals surface area (Å²) in [5, 5.41) is 3.17. The highest BCUT2D eigenvalue weighted by Crippen LogP contribution is 2.11. The summed E-state index contributed by atoms with van der Waals surface area (Å²) in [5.74, 6) is 7.11. The number of rotatable bonds is 8. The van der Waals surface area contributed by atoms with Crippen molar-refractivity contribution in [2.24, 2.45) is 11.6 Å². The summed E-state index contributed by atoms with van der Waals surface area (Å²) in [6.07, 6.45) is 2.79. The average molecular weight is 252 g/mol. The highest BCUT2D eigenvalue weighted by molar-refractivity contribution is 5.73. The number of nitrogens with zero attached hydrogens (tertiary/aromatic N) is 2. The smallest absolute Gasteiger partial charge is 0.217 e. The Balaban J connectivity index is 2.43. The third-order valence-electron chi connectivity index (χ3n) is 2.39. The number of unbranched alkanes of at least 4 members (excludes halogenated alkanes) is 1. The maximum absolute atomic E-state index is 10.6. The van der Waals surface area contributed by atoms with Crippen LogP contribution in [0.15, 0.2) is 6.07 Å². The summed E-state index contributed by atoms with van der Waals surface area (Å²) >= 11 is 0. The van der Waals surface area contributed by atoms with Crippen LogP contribution >= 0.6 is 0 Å². The molecule has 18 heavy (non-hydrogen) atoms. The second-order valence-corrected chi connectivity index (χ2v) is 3.90. The minimum absolute atomic E-state index is 0.264. The fourth-order valence-electron chi connectivity index (χ4n) is 1.46. The normalized spacial score (nSPS) is 10.1. The molecule has 0 spiro atoms. The first kappa shape index (κ1) is 14.2. The van der Waals surface area contributed by atoms with Gasteiger partial charge in [0.25, 0.3) is 0 Å². The minimum atomic E-state index is -0.264. The van der Waals surface area contributed by atoms with Gasteiger partial charge in [0.15, 0.2) is 0 Å². The molecule has 6 N–H and O–H groups in total. The van der Waals surface area contributed by atoms with E-state index < -0.39 is 0 Å². The maximum atomic E-state index is 10.6. The van der Waals surface area contributed by atoms with Gasteiger partial charge in [-0.15, -0.1) is 0 Å². The molecule has 0 atom stereocenters. The molecular weight excluding hydrogens is 232 g/mol. The first-order valence-corrected chi connectivity index (χ1v) is 6.02. The highest BCUT2D eigenvalue weighted by Gasteiger charge is 2.02. The molecule has 7 heteroatoms. The van der Waals surface area contributed by atoms with Gasteiger partial charge in [-0.3, -0.25) is 4.79 Å². The number of amides is 1. The topological polar surface area (TPSA) is 119 Å². The zero-order valence-electron chi connectivity index (χ0n) is 10.6. The zero-order valence-corrected chi connectivity index (χ0v) is 10.6. The van der Waals surface area contributed by atoms with E-state index in [-0.39, 0.29) is 5.91 Å². The predicted molar refractivity (Wildman–Crippen MR) is 70.8 cm³/mol. The minimum Gasteiger partial charge on any atom is -0.370 e. The molecule has 0 aromatic carbocycles. The summed E-state index contributed by atoms with van der Waals surface area (Å²) < 4.78 is 0. The molecule has 0 aliphatic rings. The van der Waals surface area contributed by atoms with E-state index in [4.69, 9.17) is 11.6 Å². The SMILES string of the molecule is CCc1nc(NN)cc(NCCCCC(N)=O)n1. The molecule has 0 saturated carbocycles. The average Bonchev–Trinajstić information content (AvgIpc) is 2.37. The Kier molecular flexibility index (Phi) is 5.86. The monoisotopic (exact) mass is 252 g/mol. The van der Waals surface area contributed by atoms with Gasteiger partial charge in [-0.05, 0) is 12.8 Å². The molecule has 1 aromatic heterocycles. The van der Waals surface area contributed by atoms with E-state index in [1.165, 1.54) is 0 Å². The van der Waals surface area contributed by atoms with Crippen LogP contribution in [0, 0.1) is 0 Å². The van der Waals surface area contributed by atoms with Gasteiger partial charge in [0.2, 0.25) is 5.91 Å². The molecule has 0 bridgehead atoms. The van der Waals surface area contributed by atoms with Crippen molar-refractivity contribution in [1.29, 1.82) is 0 Å². The Labute approximate surface area is 106 Å². The zero-order chi connectivity index (χ0) is 13.4. The molecular formula is C11H20N6O. The van der Waals surface area contributed by atoms with Crippen LogP contribution in [0.5, 0.6) is 0 Å². The molecule has 1 amide bonds. The van der Waals surface area contributed by atoms with Crippen molar-refractivity contribution in [1.82, 2.24) is 9.97 Å². The van der Waals surface area contributed by atoms with E-state index in [9.17, 15) is 4.79 Å². The van der Waals surface area contributed by atoms with Crippen LogP contribution in [-0.2, 0) is 11.2 Å². The number of nitrogen functional groups attached to an aromatic ring is 1. The van der Waals surface area contributed by atoms with Crippen LogP contribution in [0.4, 0.5) is 11.6 Å². The van der Waals surface area contributed by atoms with Crippen LogP contribution in [0.1, 0.15) is 32.0 Å². The molecule has 1 aromatic rings. The molecule has 0 radical (unpaired) electrons. The van der Waals surface area contributed by atoms with Crippen molar-refractivity contribution in [2.45, 2.75) is 32.6 Å². The number of hydrogen-bond acceptors (Lipinski definition) is 6. The molecule has 0 unspecified atom stereocenters. The number of hydrogen-bond donors (Lipinski definition) is 4. The van der Waals surface area contributed by atoms with Crippen LogP contribution in [0.2, 0.25) is 0 Å². The Hall–Kier alpha value is -1.89. The number of nitrogens with one attached hydrogen (secondary N) is 2. The molecule has 0 saturated heterocycles. The van der Waals surface area contributed by atoms with Gasteiger partial charge in [-0.2, -0.15) is 0 Å². The van der Waals surface area contributed by atoms with E-state index in [1.807, 2.05) is 6.92 Å². The molecule has 1 heterocycles. The van der Waals surface area contributed by atoms with Gasteiger partial charge in [0.1, 0.15) is 17.5 Å². The lowest BCUT2D eigenvalue weighted by atomic mass is 10.2. The Morgan fingerprint density at radius 1 is 1.33 bits per heavy atom. The first-order chi connectivity index (χ1) is 8.65. The number of aryl methyl sites for hydroxylation is 1. The van der Waals surface area contributed by atoms with Crippen molar-refractivity contribution in [2.75, 3.05) is 17.3 Å². The number of anilines is 2. The van der Waals surface area contributed by atoms with Crippen LogP contribution in [-0.4, -0.2) is 22.4 Å². The number of nitrogens with two attached hydrogens (primary N) is 2. The number of hydrazine groups is 1. The molecule has 7 nitrogen and oxygen atoms in total. The van der Waals surface area contributed by atoms with Gasteiger partial charge in [-0.25, -0.2) is 15.8 Å². The Morgan fingerprint density at radius 3 is 2.67 bits per heavy atom. The van der Waals surface area contributed by atoms with Crippen molar-refractivity contribution in [3.05, 3.63) is 11.9 Å². The van der Waals surface area contributed by atoms with Crippen molar-refractivity contribution in [3.8, 4) is 0 Å². The predicted octanol–water partition coefficient (Wildman–Crippen LogP) is 0.392. The van der Waals surface area contributed by atoms with E-state index >= 15 is 0 Å². The molecule has 0 fully saturated rings. The number of primary amides is 1. The van der Waals surface area contributed by atoms with Crippen LogP contribution < -0.4 is 22.3 Å². The second kappa shape index (κ2) is 7.44.